The fourth-order valence-corrected chi connectivity index (χ4v) is 1.80. The fraction of sp³-hybridized carbons (Fsp3) is 0.357. The Bertz CT molecular complexity index is 579. The normalized spacial score (nSPS) is 11.3. The number of benzene rings is 1. The van der Waals surface area contributed by atoms with Crippen LogP contribution in [0.5, 0.6) is 5.75 Å². The van der Waals surface area contributed by atoms with Gasteiger partial charge in [0.15, 0.2) is 5.75 Å². The number of ether oxygens (including phenoxy) is 1. The smallest absolute Gasteiger partial charge is 0.312 e. The molecule has 1 N–H and O–H groups in total. The van der Waals surface area contributed by atoms with Crippen molar-refractivity contribution >= 4 is 17.3 Å². The lowest BCUT2D eigenvalue weighted by atomic mass is 10.1. The van der Waals surface area contributed by atoms with Crippen LogP contribution in [0.3, 0.4) is 0 Å². The molecule has 1 unspecified atom stereocenters. The van der Waals surface area contributed by atoms with Crippen LogP contribution in [0, 0.1) is 28.4 Å². The summed E-state index contributed by atoms with van der Waals surface area (Å²) in [6, 6.07) is 4.39. The number of aliphatic carboxylic acids is 1. The van der Waals surface area contributed by atoms with Crippen LogP contribution in [0.15, 0.2) is 18.2 Å². The van der Waals surface area contributed by atoms with Crippen molar-refractivity contribution in [2.75, 3.05) is 25.1 Å². The third-order valence-corrected chi connectivity index (χ3v) is 2.92. The van der Waals surface area contributed by atoms with Gasteiger partial charge in [0, 0.05) is 18.3 Å². The molecule has 0 heterocycles. The molecule has 1 aromatic rings. The van der Waals surface area contributed by atoms with Crippen LogP contribution in [0.2, 0.25) is 0 Å². The SMILES string of the molecule is C#CCN(CC(C)C(=O)O)c1ccc(OC)c([N+](=O)[O-])c1. The molecule has 0 bridgehead atoms. The zero-order chi connectivity index (χ0) is 16.0. The van der Waals surface area contributed by atoms with Gasteiger partial charge in [-0.3, -0.25) is 14.9 Å². The molecular weight excluding hydrogens is 276 g/mol. The number of nitro groups is 1. The van der Waals surface area contributed by atoms with E-state index in [-0.39, 0.29) is 24.5 Å². The Kier molecular flexibility index (Phi) is 5.55. The first-order chi connectivity index (χ1) is 9.90. The van der Waals surface area contributed by atoms with Gasteiger partial charge in [0.05, 0.1) is 24.5 Å². The standard InChI is InChI=1S/C14H16N2O5/c1-4-7-15(9-10(2)14(17)18)11-5-6-13(21-3)12(8-11)16(19)20/h1,5-6,8,10H,7,9H2,2-3H3,(H,17,18). The van der Waals surface area contributed by atoms with Crippen LogP contribution in [-0.4, -0.2) is 36.2 Å². The zero-order valence-electron chi connectivity index (χ0n) is 11.8. The van der Waals surface area contributed by atoms with E-state index in [2.05, 4.69) is 5.92 Å². The number of rotatable bonds is 7. The Balaban J connectivity index is 3.14. The lowest BCUT2D eigenvalue weighted by molar-refractivity contribution is -0.385. The highest BCUT2D eigenvalue weighted by molar-refractivity contribution is 5.71. The highest BCUT2D eigenvalue weighted by atomic mass is 16.6. The van der Waals surface area contributed by atoms with Gasteiger partial charge in [-0.15, -0.1) is 6.42 Å². The van der Waals surface area contributed by atoms with Gasteiger partial charge in [0.25, 0.3) is 0 Å². The Morgan fingerprint density at radius 1 is 1.62 bits per heavy atom. The van der Waals surface area contributed by atoms with Crippen molar-refractivity contribution in [1.29, 1.82) is 0 Å². The van der Waals surface area contributed by atoms with Crippen molar-refractivity contribution in [3.05, 3.63) is 28.3 Å². The minimum atomic E-state index is -0.958. The van der Waals surface area contributed by atoms with Crippen molar-refractivity contribution in [3.8, 4) is 18.1 Å². The fourth-order valence-electron chi connectivity index (χ4n) is 1.80. The summed E-state index contributed by atoms with van der Waals surface area (Å²) in [5.41, 5.74) is 0.286. The average Bonchev–Trinajstić information content (AvgIpc) is 2.45. The molecule has 0 radical (unpaired) electrons. The number of terminal acetylenes is 1. The molecule has 0 spiro atoms. The second-order valence-corrected chi connectivity index (χ2v) is 4.44. The van der Waals surface area contributed by atoms with Crippen LogP contribution in [0.4, 0.5) is 11.4 Å². The molecule has 0 aromatic heterocycles. The van der Waals surface area contributed by atoms with Crippen molar-refractivity contribution < 1.29 is 19.6 Å². The second kappa shape index (κ2) is 7.14. The quantitative estimate of drug-likeness (QED) is 0.467. The zero-order valence-corrected chi connectivity index (χ0v) is 11.8. The molecule has 0 saturated heterocycles. The van der Waals surface area contributed by atoms with Crippen LogP contribution in [-0.2, 0) is 4.79 Å². The summed E-state index contributed by atoms with van der Waals surface area (Å²) in [5, 5.41) is 20.0. The van der Waals surface area contributed by atoms with E-state index < -0.39 is 16.8 Å². The van der Waals surface area contributed by atoms with E-state index in [0.29, 0.717) is 5.69 Å². The topological polar surface area (TPSA) is 92.9 Å². The summed E-state index contributed by atoms with van der Waals surface area (Å²) in [6.45, 7) is 1.86. The number of nitrogens with zero attached hydrogens (tertiary/aromatic N) is 2. The molecule has 1 atom stereocenters. The van der Waals surface area contributed by atoms with Crippen molar-refractivity contribution in [3.63, 3.8) is 0 Å². The molecule has 0 aliphatic heterocycles. The van der Waals surface area contributed by atoms with Crippen molar-refractivity contribution in [2.24, 2.45) is 5.92 Å². The molecule has 1 aromatic carbocycles. The van der Waals surface area contributed by atoms with E-state index in [1.54, 1.807) is 17.9 Å². The van der Waals surface area contributed by atoms with Crippen molar-refractivity contribution in [1.82, 2.24) is 0 Å². The highest BCUT2D eigenvalue weighted by Gasteiger charge is 2.20. The van der Waals surface area contributed by atoms with E-state index >= 15 is 0 Å². The Morgan fingerprint density at radius 2 is 2.29 bits per heavy atom. The molecule has 0 aliphatic rings. The first-order valence-corrected chi connectivity index (χ1v) is 6.14. The van der Waals surface area contributed by atoms with E-state index in [4.69, 9.17) is 16.3 Å². The maximum atomic E-state index is 11.0. The molecule has 7 nitrogen and oxygen atoms in total. The van der Waals surface area contributed by atoms with Gasteiger partial charge in [-0.25, -0.2) is 0 Å². The monoisotopic (exact) mass is 292 g/mol. The molecular formula is C14H16N2O5. The predicted octanol–water partition coefficient (Wildman–Crippen LogP) is 1.76. The summed E-state index contributed by atoms with van der Waals surface area (Å²) in [7, 11) is 1.34. The number of carboxylic acids is 1. The molecule has 1 rings (SSSR count). The molecule has 21 heavy (non-hydrogen) atoms. The van der Waals surface area contributed by atoms with Gasteiger partial charge in [-0.05, 0) is 12.1 Å². The summed E-state index contributed by atoms with van der Waals surface area (Å²) < 4.78 is 4.93. The number of hydrogen-bond donors (Lipinski definition) is 1. The van der Waals surface area contributed by atoms with Crippen LogP contribution >= 0.6 is 0 Å². The summed E-state index contributed by atoms with van der Waals surface area (Å²) in [5.74, 6) is 0.943. The first kappa shape index (κ1) is 16.3. The average molecular weight is 292 g/mol. The van der Waals surface area contributed by atoms with E-state index in [0.717, 1.165) is 0 Å². The first-order valence-electron chi connectivity index (χ1n) is 6.14. The molecule has 0 saturated carbocycles. The van der Waals surface area contributed by atoms with Gasteiger partial charge in [0.1, 0.15) is 0 Å². The minimum Gasteiger partial charge on any atom is -0.490 e. The van der Waals surface area contributed by atoms with Gasteiger partial charge in [-0.1, -0.05) is 12.8 Å². The number of carbonyl (C=O) groups is 1. The third-order valence-electron chi connectivity index (χ3n) is 2.92. The second-order valence-electron chi connectivity index (χ2n) is 4.44. The molecule has 0 aliphatic carbocycles. The maximum absolute atomic E-state index is 11.0. The number of nitro benzene ring substituents is 1. The molecule has 112 valence electrons. The molecule has 0 fully saturated rings. The maximum Gasteiger partial charge on any atom is 0.312 e. The van der Waals surface area contributed by atoms with Crippen LogP contribution < -0.4 is 9.64 Å². The lowest BCUT2D eigenvalue weighted by Crippen LogP contribution is -2.32. The van der Waals surface area contributed by atoms with Crippen LogP contribution in [0.1, 0.15) is 6.92 Å². The van der Waals surface area contributed by atoms with Gasteiger partial charge >= 0.3 is 11.7 Å². The summed E-state index contributed by atoms with van der Waals surface area (Å²) in [6.07, 6.45) is 5.27. The van der Waals surface area contributed by atoms with Crippen LogP contribution in [0.25, 0.3) is 0 Å². The Hall–Kier alpha value is -2.75. The highest BCUT2D eigenvalue weighted by Crippen LogP contribution is 2.31. The van der Waals surface area contributed by atoms with Gasteiger partial charge in [0.2, 0.25) is 0 Å². The molecule has 7 heteroatoms. The molecule has 0 amide bonds. The third kappa shape index (κ3) is 4.11. The predicted molar refractivity (Wildman–Crippen MR) is 77.5 cm³/mol. The minimum absolute atomic E-state index is 0.135. The van der Waals surface area contributed by atoms with E-state index in [9.17, 15) is 14.9 Å². The number of hydrogen-bond acceptors (Lipinski definition) is 5. The van der Waals surface area contributed by atoms with Gasteiger partial charge in [-0.2, -0.15) is 0 Å². The van der Waals surface area contributed by atoms with E-state index in [1.165, 1.54) is 19.2 Å². The van der Waals surface area contributed by atoms with E-state index in [1.807, 2.05) is 0 Å². The summed E-state index contributed by atoms with van der Waals surface area (Å²) in [4.78, 5) is 23.0. The Morgan fingerprint density at radius 3 is 2.76 bits per heavy atom. The summed E-state index contributed by atoms with van der Waals surface area (Å²) >= 11 is 0. The lowest BCUT2D eigenvalue weighted by Gasteiger charge is -2.24. The largest absolute Gasteiger partial charge is 0.490 e. The van der Waals surface area contributed by atoms with Crippen molar-refractivity contribution in [2.45, 2.75) is 6.92 Å². The number of anilines is 1. The Labute approximate surface area is 122 Å². The number of methoxy groups -OCH3 is 1. The van der Waals surface area contributed by atoms with Gasteiger partial charge < -0.3 is 14.7 Å². The number of carboxylic acid groups (broad SMARTS) is 1.